The second-order valence-corrected chi connectivity index (χ2v) is 4.22. The van der Waals surface area contributed by atoms with Crippen molar-refractivity contribution in [2.24, 2.45) is 0 Å². The molecule has 0 bridgehead atoms. The molecule has 0 aliphatic carbocycles. The lowest BCUT2D eigenvalue weighted by Crippen LogP contribution is -2.21. The number of amides is 1. The largest absolute Gasteiger partial charge is 0.399 e. The van der Waals surface area contributed by atoms with Gasteiger partial charge in [-0.25, -0.2) is 0 Å². The fourth-order valence-electron chi connectivity index (χ4n) is 1.33. The minimum absolute atomic E-state index is 0.204. The molecule has 0 aliphatic heterocycles. The standard InChI is InChI=1S/C11H10BrN3O/c12-9-5-8(6-10(13)7-9)11(16)14-15-3-1-2-4-15/h1-7H,13H2,(H,14,16). The maximum atomic E-state index is 11.8. The molecule has 5 heteroatoms. The second kappa shape index (κ2) is 4.40. The summed E-state index contributed by atoms with van der Waals surface area (Å²) in [5, 5.41) is 0. The average Bonchev–Trinajstić information content (AvgIpc) is 2.68. The Morgan fingerprint density at radius 1 is 1.25 bits per heavy atom. The SMILES string of the molecule is Nc1cc(Br)cc(C(=O)Nn2cccc2)c1. The van der Waals surface area contributed by atoms with E-state index >= 15 is 0 Å². The quantitative estimate of drug-likeness (QED) is 0.829. The number of benzene rings is 1. The third-order valence-electron chi connectivity index (χ3n) is 2.02. The highest BCUT2D eigenvalue weighted by atomic mass is 79.9. The highest BCUT2D eigenvalue weighted by Gasteiger charge is 2.06. The molecule has 16 heavy (non-hydrogen) atoms. The van der Waals surface area contributed by atoms with Crippen LogP contribution in [0, 0.1) is 0 Å². The van der Waals surface area contributed by atoms with Gasteiger partial charge < -0.3 is 5.73 Å². The van der Waals surface area contributed by atoms with Gasteiger partial charge in [-0.15, -0.1) is 0 Å². The molecule has 2 aromatic rings. The number of halogens is 1. The summed E-state index contributed by atoms with van der Waals surface area (Å²) in [6.07, 6.45) is 3.50. The summed E-state index contributed by atoms with van der Waals surface area (Å²) in [6, 6.07) is 8.75. The summed E-state index contributed by atoms with van der Waals surface area (Å²) in [5.74, 6) is -0.204. The van der Waals surface area contributed by atoms with Crippen molar-refractivity contribution in [1.29, 1.82) is 0 Å². The molecule has 1 amide bonds. The number of anilines is 1. The second-order valence-electron chi connectivity index (χ2n) is 3.30. The van der Waals surface area contributed by atoms with Crippen molar-refractivity contribution in [1.82, 2.24) is 4.68 Å². The molecular weight excluding hydrogens is 270 g/mol. The van der Waals surface area contributed by atoms with Crippen molar-refractivity contribution in [3.8, 4) is 0 Å². The molecule has 82 valence electrons. The summed E-state index contributed by atoms with van der Waals surface area (Å²) < 4.78 is 2.37. The minimum atomic E-state index is -0.204. The van der Waals surface area contributed by atoms with E-state index in [2.05, 4.69) is 21.4 Å². The van der Waals surface area contributed by atoms with Crippen LogP contribution < -0.4 is 11.2 Å². The normalized spacial score (nSPS) is 10.1. The van der Waals surface area contributed by atoms with Crippen LogP contribution in [0.5, 0.6) is 0 Å². The van der Waals surface area contributed by atoms with Crippen LogP contribution in [0.25, 0.3) is 0 Å². The van der Waals surface area contributed by atoms with Crippen LogP contribution in [-0.4, -0.2) is 10.6 Å². The smallest absolute Gasteiger partial charge is 0.270 e. The summed E-state index contributed by atoms with van der Waals surface area (Å²) in [7, 11) is 0. The van der Waals surface area contributed by atoms with Crippen molar-refractivity contribution < 1.29 is 4.79 Å². The molecule has 1 aromatic carbocycles. The predicted molar refractivity (Wildman–Crippen MR) is 66.7 cm³/mol. The number of nitrogen functional groups attached to an aromatic ring is 1. The van der Waals surface area contributed by atoms with E-state index < -0.39 is 0 Å². The van der Waals surface area contributed by atoms with E-state index in [1.54, 1.807) is 35.3 Å². The molecule has 1 aromatic heterocycles. The van der Waals surface area contributed by atoms with Gasteiger partial charge in [0, 0.05) is 28.1 Å². The van der Waals surface area contributed by atoms with Crippen LogP contribution in [0.2, 0.25) is 0 Å². The number of aromatic nitrogens is 1. The Hall–Kier alpha value is -1.75. The van der Waals surface area contributed by atoms with Crippen LogP contribution in [-0.2, 0) is 0 Å². The Labute approximate surface area is 101 Å². The van der Waals surface area contributed by atoms with Gasteiger partial charge in [-0.1, -0.05) is 15.9 Å². The topological polar surface area (TPSA) is 60.1 Å². The van der Waals surface area contributed by atoms with Crippen molar-refractivity contribution in [3.63, 3.8) is 0 Å². The number of hydrogen-bond acceptors (Lipinski definition) is 2. The molecule has 0 spiro atoms. The summed E-state index contributed by atoms with van der Waals surface area (Å²) in [6.45, 7) is 0. The van der Waals surface area contributed by atoms with E-state index in [1.807, 2.05) is 12.1 Å². The fraction of sp³-hybridized carbons (Fsp3) is 0. The van der Waals surface area contributed by atoms with Gasteiger partial charge in [0.2, 0.25) is 0 Å². The van der Waals surface area contributed by atoms with Gasteiger partial charge in [-0.05, 0) is 30.3 Å². The van der Waals surface area contributed by atoms with Gasteiger partial charge in [0.1, 0.15) is 0 Å². The van der Waals surface area contributed by atoms with Gasteiger partial charge >= 0.3 is 0 Å². The highest BCUT2D eigenvalue weighted by molar-refractivity contribution is 9.10. The van der Waals surface area contributed by atoms with Gasteiger partial charge in [0.15, 0.2) is 0 Å². The predicted octanol–water partition coefficient (Wildman–Crippen LogP) is 2.22. The lowest BCUT2D eigenvalue weighted by molar-refractivity contribution is 0.101. The van der Waals surface area contributed by atoms with Gasteiger partial charge in [-0.3, -0.25) is 14.9 Å². The van der Waals surface area contributed by atoms with Crippen molar-refractivity contribution in [2.45, 2.75) is 0 Å². The Bertz CT molecular complexity index is 488. The lowest BCUT2D eigenvalue weighted by Gasteiger charge is -2.07. The highest BCUT2D eigenvalue weighted by Crippen LogP contribution is 2.17. The summed E-state index contributed by atoms with van der Waals surface area (Å²) in [5.41, 5.74) is 9.41. The molecule has 2 rings (SSSR count). The van der Waals surface area contributed by atoms with Gasteiger partial charge in [-0.2, -0.15) is 0 Å². The zero-order valence-electron chi connectivity index (χ0n) is 8.35. The van der Waals surface area contributed by atoms with E-state index in [1.165, 1.54) is 0 Å². The Balaban J connectivity index is 2.21. The zero-order chi connectivity index (χ0) is 11.5. The number of carbonyl (C=O) groups excluding carboxylic acids is 1. The Morgan fingerprint density at radius 2 is 1.94 bits per heavy atom. The zero-order valence-corrected chi connectivity index (χ0v) is 9.94. The molecule has 0 fully saturated rings. The summed E-state index contributed by atoms with van der Waals surface area (Å²) in [4.78, 5) is 11.8. The number of hydrogen-bond donors (Lipinski definition) is 2. The molecule has 0 saturated heterocycles. The van der Waals surface area contributed by atoms with E-state index in [0.717, 1.165) is 4.47 Å². The van der Waals surface area contributed by atoms with Crippen LogP contribution in [0.4, 0.5) is 5.69 Å². The van der Waals surface area contributed by atoms with Crippen molar-refractivity contribution >= 4 is 27.5 Å². The van der Waals surface area contributed by atoms with Crippen molar-refractivity contribution in [2.75, 3.05) is 11.2 Å². The summed E-state index contributed by atoms with van der Waals surface area (Å²) >= 11 is 3.29. The third-order valence-corrected chi connectivity index (χ3v) is 2.48. The van der Waals surface area contributed by atoms with E-state index in [0.29, 0.717) is 11.3 Å². The van der Waals surface area contributed by atoms with E-state index in [4.69, 9.17) is 5.73 Å². The first-order valence-corrected chi connectivity index (χ1v) is 5.45. The van der Waals surface area contributed by atoms with Gasteiger partial charge in [0.05, 0.1) is 0 Å². The molecule has 3 N–H and O–H groups in total. The first-order chi connectivity index (χ1) is 7.65. The minimum Gasteiger partial charge on any atom is -0.399 e. The first-order valence-electron chi connectivity index (χ1n) is 4.65. The number of nitrogens with one attached hydrogen (secondary N) is 1. The maximum absolute atomic E-state index is 11.8. The fourth-order valence-corrected chi connectivity index (χ4v) is 1.85. The third kappa shape index (κ3) is 2.43. The molecular formula is C11H10BrN3O. The number of carbonyl (C=O) groups is 1. The molecule has 4 nitrogen and oxygen atoms in total. The maximum Gasteiger partial charge on any atom is 0.270 e. The van der Waals surface area contributed by atoms with Gasteiger partial charge in [0.25, 0.3) is 5.91 Å². The van der Waals surface area contributed by atoms with Crippen LogP contribution in [0.3, 0.4) is 0 Å². The molecule has 0 aliphatic rings. The van der Waals surface area contributed by atoms with Crippen LogP contribution >= 0.6 is 15.9 Å². The molecule has 0 unspecified atom stereocenters. The van der Waals surface area contributed by atoms with Crippen LogP contribution in [0.1, 0.15) is 10.4 Å². The number of nitrogens with zero attached hydrogens (tertiary/aromatic N) is 1. The number of nitrogens with two attached hydrogens (primary N) is 1. The Morgan fingerprint density at radius 3 is 2.56 bits per heavy atom. The Kier molecular flexibility index (Phi) is 2.96. The van der Waals surface area contributed by atoms with E-state index in [-0.39, 0.29) is 5.91 Å². The molecule has 0 saturated carbocycles. The lowest BCUT2D eigenvalue weighted by atomic mass is 10.2. The average molecular weight is 280 g/mol. The number of rotatable bonds is 2. The van der Waals surface area contributed by atoms with E-state index in [9.17, 15) is 4.79 Å². The molecule has 0 atom stereocenters. The first kappa shape index (κ1) is 10.8. The molecule has 0 radical (unpaired) electrons. The molecule has 1 heterocycles. The van der Waals surface area contributed by atoms with Crippen molar-refractivity contribution in [3.05, 3.63) is 52.8 Å². The monoisotopic (exact) mass is 279 g/mol. The van der Waals surface area contributed by atoms with Crippen LogP contribution in [0.15, 0.2) is 47.2 Å².